The van der Waals surface area contributed by atoms with Gasteiger partial charge in [-0.15, -0.1) is 0 Å². The fourth-order valence-corrected chi connectivity index (χ4v) is 1.54. The zero-order chi connectivity index (χ0) is 8.97. The van der Waals surface area contributed by atoms with Crippen LogP contribution in [0.5, 0.6) is 0 Å². The highest BCUT2D eigenvalue weighted by Gasteiger charge is 2.09. The number of halogens is 1. The number of methoxy groups -OCH3 is 1. The number of aliphatic hydroxyl groups is 1. The summed E-state index contributed by atoms with van der Waals surface area (Å²) < 4.78 is 5.75. The summed E-state index contributed by atoms with van der Waals surface area (Å²) in [7, 11) is 1.57. The molecule has 0 aliphatic heterocycles. The molecular weight excluding hydrogens is 220 g/mol. The molecule has 0 aliphatic rings. The lowest BCUT2D eigenvalue weighted by molar-refractivity contribution is 0.0640. The molecule has 2 nitrogen and oxygen atoms in total. The van der Waals surface area contributed by atoms with Gasteiger partial charge in [0.1, 0.15) is 6.10 Å². The summed E-state index contributed by atoms with van der Waals surface area (Å²) >= 11 is 3.35. The molecular formula is C9H11BrO2. The van der Waals surface area contributed by atoms with Crippen molar-refractivity contribution in [2.45, 2.75) is 6.10 Å². The molecule has 0 radical (unpaired) electrons. The largest absolute Gasteiger partial charge is 0.386 e. The quantitative estimate of drug-likeness (QED) is 0.863. The second-order valence-electron chi connectivity index (χ2n) is 2.49. The van der Waals surface area contributed by atoms with Crippen LogP contribution in [0.15, 0.2) is 28.7 Å². The first kappa shape index (κ1) is 9.71. The predicted molar refractivity (Wildman–Crippen MR) is 51.0 cm³/mol. The van der Waals surface area contributed by atoms with Gasteiger partial charge in [0.05, 0.1) is 6.61 Å². The number of hydrogen-bond donors (Lipinski definition) is 1. The van der Waals surface area contributed by atoms with Gasteiger partial charge in [-0.25, -0.2) is 0 Å². The summed E-state index contributed by atoms with van der Waals surface area (Å²) in [6.07, 6.45) is -0.550. The van der Waals surface area contributed by atoms with Gasteiger partial charge in [-0.1, -0.05) is 34.1 Å². The van der Waals surface area contributed by atoms with Gasteiger partial charge in [0.25, 0.3) is 0 Å². The van der Waals surface area contributed by atoms with E-state index in [1.54, 1.807) is 7.11 Å². The first-order valence-corrected chi connectivity index (χ1v) is 4.46. The molecule has 1 atom stereocenters. The lowest BCUT2D eigenvalue weighted by Crippen LogP contribution is -2.05. The number of aliphatic hydroxyl groups excluding tert-OH is 1. The Morgan fingerprint density at radius 3 is 2.75 bits per heavy atom. The average Bonchev–Trinajstić information content (AvgIpc) is 2.05. The second kappa shape index (κ2) is 4.60. The zero-order valence-corrected chi connectivity index (χ0v) is 8.41. The molecule has 0 aliphatic carbocycles. The van der Waals surface area contributed by atoms with Crippen LogP contribution >= 0.6 is 15.9 Å². The van der Waals surface area contributed by atoms with Crippen molar-refractivity contribution >= 4 is 15.9 Å². The van der Waals surface area contributed by atoms with E-state index in [2.05, 4.69) is 15.9 Å². The Morgan fingerprint density at radius 2 is 2.17 bits per heavy atom. The molecule has 0 spiro atoms. The number of benzene rings is 1. The summed E-state index contributed by atoms with van der Waals surface area (Å²) in [6.45, 7) is 0.322. The van der Waals surface area contributed by atoms with E-state index in [0.717, 1.165) is 10.0 Å². The molecule has 0 heterocycles. The molecule has 0 saturated heterocycles. The maximum absolute atomic E-state index is 9.55. The minimum atomic E-state index is -0.550. The molecule has 0 aromatic heterocycles. The standard InChI is InChI=1S/C9H11BrO2/c1-12-6-9(11)7-4-2-3-5-8(7)10/h2-5,9,11H,6H2,1H3. The van der Waals surface area contributed by atoms with Crippen LogP contribution in [0.4, 0.5) is 0 Å². The van der Waals surface area contributed by atoms with Crippen molar-refractivity contribution in [2.75, 3.05) is 13.7 Å². The normalized spacial score (nSPS) is 12.9. The molecule has 0 fully saturated rings. The van der Waals surface area contributed by atoms with E-state index in [1.165, 1.54) is 0 Å². The molecule has 1 rings (SSSR count). The summed E-state index contributed by atoms with van der Waals surface area (Å²) in [5.74, 6) is 0. The third kappa shape index (κ3) is 2.30. The topological polar surface area (TPSA) is 29.5 Å². The molecule has 66 valence electrons. The van der Waals surface area contributed by atoms with Gasteiger partial charge < -0.3 is 9.84 Å². The Balaban J connectivity index is 2.79. The molecule has 1 unspecified atom stereocenters. The van der Waals surface area contributed by atoms with Crippen molar-refractivity contribution in [1.29, 1.82) is 0 Å². The van der Waals surface area contributed by atoms with Crippen molar-refractivity contribution in [1.82, 2.24) is 0 Å². The first-order valence-electron chi connectivity index (χ1n) is 3.67. The van der Waals surface area contributed by atoms with Crippen LogP contribution in [0.2, 0.25) is 0 Å². The van der Waals surface area contributed by atoms with Crippen LogP contribution < -0.4 is 0 Å². The van der Waals surface area contributed by atoms with Crippen molar-refractivity contribution in [3.05, 3.63) is 34.3 Å². The number of hydrogen-bond acceptors (Lipinski definition) is 2. The van der Waals surface area contributed by atoms with Crippen LogP contribution in [0.3, 0.4) is 0 Å². The van der Waals surface area contributed by atoms with Crippen LogP contribution in [-0.2, 0) is 4.74 Å². The molecule has 1 aromatic carbocycles. The summed E-state index contributed by atoms with van der Waals surface area (Å²) in [6, 6.07) is 7.56. The van der Waals surface area contributed by atoms with E-state index in [0.29, 0.717) is 6.61 Å². The molecule has 12 heavy (non-hydrogen) atoms. The van der Waals surface area contributed by atoms with E-state index in [4.69, 9.17) is 4.74 Å². The number of ether oxygens (including phenoxy) is 1. The van der Waals surface area contributed by atoms with Crippen LogP contribution in [0, 0.1) is 0 Å². The Kier molecular flexibility index (Phi) is 3.72. The Labute approximate surface area is 80.3 Å². The minimum Gasteiger partial charge on any atom is -0.386 e. The van der Waals surface area contributed by atoms with E-state index in [1.807, 2.05) is 24.3 Å². The fourth-order valence-electron chi connectivity index (χ4n) is 0.993. The van der Waals surface area contributed by atoms with E-state index in [9.17, 15) is 5.11 Å². The lowest BCUT2D eigenvalue weighted by atomic mass is 10.1. The highest BCUT2D eigenvalue weighted by molar-refractivity contribution is 9.10. The molecule has 0 bridgehead atoms. The van der Waals surface area contributed by atoms with E-state index < -0.39 is 6.10 Å². The van der Waals surface area contributed by atoms with Gasteiger partial charge >= 0.3 is 0 Å². The summed E-state index contributed by atoms with van der Waals surface area (Å²) in [4.78, 5) is 0. The predicted octanol–water partition coefficient (Wildman–Crippen LogP) is 2.13. The van der Waals surface area contributed by atoms with Gasteiger partial charge in [-0.2, -0.15) is 0 Å². The van der Waals surface area contributed by atoms with Crippen molar-refractivity contribution in [3.63, 3.8) is 0 Å². The van der Waals surface area contributed by atoms with Gasteiger partial charge in [-0.05, 0) is 11.6 Å². The monoisotopic (exact) mass is 230 g/mol. The van der Waals surface area contributed by atoms with Gasteiger partial charge in [-0.3, -0.25) is 0 Å². The molecule has 3 heteroatoms. The van der Waals surface area contributed by atoms with Gasteiger partial charge in [0.2, 0.25) is 0 Å². The summed E-state index contributed by atoms with van der Waals surface area (Å²) in [5, 5.41) is 9.55. The van der Waals surface area contributed by atoms with Crippen molar-refractivity contribution in [3.8, 4) is 0 Å². The third-order valence-corrected chi connectivity index (χ3v) is 2.31. The Morgan fingerprint density at radius 1 is 1.50 bits per heavy atom. The van der Waals surface area contributed by atoms with Crippen molar-refractivity contribution < 1.29 is 9.84 Å². The molecule has 0 saturated carbocycles. The zero-order valence-electron chi connectivity index (χ0n) is 6.83. The highest BCUT2D eigenvalue weighted by Crippen LogP contribution is 2.22. The smallest absolute Gasteiger partial charge is 0.103 e. The lowest BCUT2D eigenvalue weighted by Gasteiger charge is -2.10. The maximum Gasteiger partial charge on any atom is 0.103 e. The van der Waals surface area contributed by atoms with Crippen LogP contribution in [0.1, 0.15) is 11.7 Å². The van der Waals surface area contributed by atoms with E-state index in [-0.39, 0.29) is 0 Å². The minimum absolute atomic E-state index is 0.322. The van der Waals surface area contributed by atoms with Crippen LogP contribution in [-0.4, -0.2) is 18.8 Å². The molecule has 1 N–H and O–H groups in total. The molecule has 0 amide bonds. The number of rotatable bonds is 3. The Hall–Kier alpha value is -0.380. The van der Waals surface area contributed by atoms with Crippen LogP contribution in [0.25, 0.3) is 0 Å². The first-order chi connectivity index (χ1) is 5.75. The third-order valence-electron chi connectivity index (χ3n) is 1.59. The fraction of sp³-hybridized carbons (Fsp3) is 0.333. The van der Waals surface area contributed by atoms with E-state index >= 15 is 0 Å². The highest BCUT2D eigenvalue weighted by atomic mass is 79.9. The molecule has 1 aromatic rings. The average molecular weight is 231 g/mol. The second-order valence-corrected chi connectivity index (χ2v) is 3.35. The van der Waals surface area contributed by atoms with Gasteiger partial charge in [0.15, 0.2) is 0 Å². The van der Waals surface area contributed by atoms with Gasteiger partial charge in [0, 0.05) is 11.6 Å². The summed E-state index contributed by atoms with van der Waals surface area (Å²) in [5.41, 5.74) is 0.861. The Bertz CT molecular complexity index is 250. The maximum atomic E-state index is 9.55. The van der Waals surface area contributed by atoms with Crippen molar-refractivity contribution in [2.24, 2.45) is 0 Å². The SMILES string of the molecule is COCC(O)c1ccccc1Br.